The molecule has 0 heterocycles. The Balaban J connectivity index is 2.32. The van der Waals surface area contributed by atoms with Crippen LogP contribution in [0.5, 0.6) is 0 Å². The summed E-state index contributed by atoms with van der Waals surface area (Å²) < 4.78 is 25.0. The van der Waals surface area contributed by atoms with Crippen LogP contribution in [-0.2, 0) is 30.0 Å². The molecular formula is C28H41N2O5P. The summed E-state index contributed by atoms with van der Waals surface area (Å²) in [5.41, 5.74) is 6.35. The van der Waals surface area contributed by atoms with Crippen molar-refractivity contribution in [2.75, 3.05) is 13.2 Å². The Morgan fingerprint density at radius 3 is 1.89 bits per heavy atom. The van der Waals surface area contributed by atoms with Crippen molar-refractivity contribution in [3.63, 3.8) is 0 Å². The van der Waals surface area contributed by atoms with Crippen LogP contribution in [0.15, 0.2) is 60.7 Å². The van der Waals surface area contributed by atoms with E-state index in [2.05, 4.69) is 5.09 Å². The second kappa shape index (κ2) is 12.7. The van der Waals surface area contributed by atoms with Crippen molar-refractivity contribution in [1.29, 1.82) is 0 Å². The third kappa shape index (κ3) is 10.7. The van der Waals surface area contributed by atoms with Gasteiger partial charge >= 0.3 is 11.9 Å². The summed E-state index contributed by atoms with van der Waals surface area (Å²) >= 11 is 0. The molecule has 36 heavy (non-hydrogen) atoms. The van der Waals surface area contributed by atoms with Crippen LogP contribution in [0.25, 0.3) is 0 Å². The van der Waals surface area contributed by atoms with Gasteiger partial charge in [0.1, 0.15) is 5.66 Å². The second-order valence-electron chi connectivity index (χ2n) is 11.6. The lowest BCUT2D eigenvalue weighted by Gasteiger charge is -2.29. The van der Waals surface area contributed by atoms with E-state index in [1.807, 2.05) is 102 Å². The molecule has 3 N–H and O–H groups in total. The number of hydrogen-bond donors (Lipinski definition) is 2. The highest BCUT2D eigenvalue weighted by Gasteiger charge is 2.39. The van der Waals surface area contributed by atoms with E-state index < -0.39 is 31.1 Å². The van der Waals surface area contributed by atoms with Gasteiger partial charge in [0.2, 0.25) is 7.44 Å². The van der Waals surface area contributed by atoms with Gasteiger partial charge in [-0.15, -0.1) is 0 Å². The molecule has 2 unspecified atom stereocenters. The first kappa shape index (κ1) is 29.8. The molecule has 0 fully saturated rings. The topological polar surface area (TPSA) is 108 Å². The zero-order valence-electron chi connectivity index (χ0n) is 22.3. The molecule has 0 aliphatic carbocycles. The van der Waals surface area contributed by atoms with Crippen LogP contribution in [0.3, 0.4) is 0 Å². The summed E-state index contributed by atoms with van der Waals surface area (Å²) in [4.78, 5) is 25.9. The number of nitrogens with one attached hydrogen (secondary N) is 1. The van der Waals surface area contributed by atoms with Crippen LogP contribution in [-0.4, -0.2) is 30.8 Å². The molecule has 0 spiro atoms. The molecule has 0 aromatic heterocycles. The molecule has 0 saturated heterocycles. The molecule has 0 saturated carbocycles. The van der Waals surface area contributed by atoms with E-state index in [0.29, 0.717) is 0 Å². The molecule has 0 amide bonds. The number of carbonyl (C=O) groups excluding carboxylic acids is 2. The zero-order chi connectivity index (χ0) is 27.0. The summed E-state index contributed by atoms with van der Waals surface area (Å²) in [5, 5.41) is 2.97. The first-order valence-electron chi connectivity index (χ1n) is 12.2. The average Bonchev–Trinajstić information content (AvgIpc) is 2.79. The van der Waals surface area contributed by atoms with Gasteiger partial charge in [-0.3, -0.25) is 19.7 Å². The minimum absolute atomic E-state index is 0.0869. The summed E-state index contributed by atoms with van der Waals surface area (Å²) in [6, 6.07) is 17.7. The van der Waals surface area contributed by atoms with Gasteiger partial charge in [-0.25, -0.2) is 5.09 Å². The summed E-state index contributed by atoms with van der Waals surface area (Å²) in [7, 11) is -3.87. The van der Waals surface area contributed by atoms with Crippen molar-refractivity contribution < 1.29 is 23.6 Å². The molecule has 0 aliphatic heterocycles. The Bertz CT molecular complexity index is 1030. The highest BCUT2D eigenvalue weighted by atomic mass is 31.2. The standard InChI is InChI=1S/C28H41N2O5P/c1-27(2,3)19-34-25(31)18-23(22-15-11-8-12-16-22)30-36(29,33)24(17-21-13-9-7-10-14-21)26(32)35-20-28(4,5)6/h7-16,23-24H,17-20H2,1-6H3,(H3,29,30,33)/t23?,24-,36?/m0/s1. The van der Waals surface area contributed by atoms with E-state index in [1.165, 1.54) is 0 Å². The van der Waals surface area contributed by atoms with Crippen LogP contribution in [0.1, 0.15) is 65.1 Å². The molecule has 198 valence electrons. The molecule has 3 atom stereocenters. The first-order chi connectivity index (χ1) is 16.7. The molecular weight excluding hydrogens is 475 g/mol. The fourth-order valence-electron chi connectivity index (χ4n) is 3.38. The maximum Gasteiger partial charge on any atom is 0.319 e. The quantitative estimate of drug-likeness (QED) is 0.294. The first-order valence-corrected chi connectivity index (χ1v) is 14.1. The van der Waals surface area contributed by atoms with Crippen molar-refractivity contribution in [2.24, 2.45) is 16.3 Å². The van der Waals surface area contributed by atoms with Crippen LogP contribution in [0.2, 0.25) is 0 Å². The van der Waals surface area contributed by atoms with E-state index >= 15 is 0 Å². The molecule has 2 aromatic rings. The van der Waals surface area contributed by atoms with E-state index in [0.717, 1.165) is 11.1 Å². The number of nitrogens with two attached hydrogens (primary N) is 1. The third-order valence-electron chi connectivity index (χ3n) is 5.25. The van der Waals surface area contributed by atoms with Crippen LogP contribution in [0.4, 0.5) is 0 Å². The summed E-state index contributed by atoms with van der Waals surface area (Å²) in [5.74, 6) is -1.07. The lowest BCUT2D eigenvalue weighted by Crippen LogP contribution is -2.38. The number of ether oxygens (including phenoxy) is 2. The van der Waals surface area contributed by atoms with Gasteiger partial charge in [-0.1, -0.05) is 102 Å². The normalized spacial score (nSPS) is 15.4. The molecule has 8 heteroatoms. The van der Waals surface area contributed by atoms with Gasteiger partial charge in [-0.2, -0.15) is 0 Å². The fraction of sp³-hybridized carbons (Fsp3) is 0.500. The van der Waals surface area contributed by atoms with Gasteiger partial charge in [0.05, 0.1) is 19.6 Å². The maximum absolute atomic E-state index is 14.0. The molecule has 0 radical (unpaired) electrons. The number of hydrogen-bond acceptors (Lipinski definition) is 5. The highest BCUT2D eigenvalue weighted by Crippen LogP contribution is 2.44. The van der Waals surface area contributed by atoms with Crippen molar-refractivity contribution in [3.05, 3.63) is 71.8 Å². The Kier molecular flexibility index (Phi) is 10.5. The third-order valence-corrected chi connectivity index (χ3v) is 7.29. The maximum atomic E-state index is 14.0. The predicted octanol–water partition coefficient (Wildman–Crippen LogP) is 5.65. The van der Waals surface area contributed by atoms with Gasteiger partial charge in [0, 0.05) is 6.04 Å². The fourth-order valence-corrected chi connectivity index (χ4v) is 5.15. The Morgan fingerprint density at radius 1 is 0.861 bits per heavy atom. The van der Waals surface area contributed by atoms with Crippen LogP contribution >= 0.6 is 7.44 Å². The highest BCUT2D eigenvalue weighted by molar-refractivity contribution is 7.61. The predicted molar refractivity (Wildman–Crippen MR) is 143 cm³/mol. The smallest absolute Gasteiger partial charge is 0.319 e. The number of benzene rings is 2. The van der Waals surface area contributed by atoms with Gasteiger partial charge in [0.15, 0.2) is 0 Å². The van der Waals surface area contributed by atoms with Crippen LogP contribution < -0.4 is 10.6 Å². The molecule has 2 aromatic carbocycles. The second-order valence-corrected chi connectivity index (χ2v) is 13.9. The van der Waals surface area contributed by atoms with Crippen molar-refractivity contribution in [2.45, 2.75) is 66.1 Å². The molecule has 7 nitrogen and oxygen atoms in total. The Hall–Kier alpha value is -2.47. The van der Waals surface area contributed by atoms with Gasteiger partial charge < -0.3 is 9.47 Å². The molecule has 0 bridgehead atoms. The largest absolute Gasteiger partial charge is 0.465 e. The van der Waals surface area contributed by atoms with Gasteiger partial charge in [-0.05, 0) is 28.4 Å². The van der Waals surface area contributed by atoms with E-state index in [9.17, 15) is 14.2 Å². The SMILES string of the molecule is CC(C)(C)COC(=O)CC(NP(N)(=O)[C@@H](Cc1ccccc1)C(=O)OCC(C)(C)C)c1ccccc1. The minimum atomic E-state index is -3.87. The van der Waals surface area contributed by atoms with E-state index in [4.69, 9.17) is 15.0 Å². The van der Waals surface area contributed by atoms with Crippen LogP contribution in [0, 0.1) is 10.8 Å². The zero-order valence-corrected chi connectivity index (χ0v) is 23.2. The monoisotopic (exact) mass is 516 g/mol. The summed E-state index contributed by atoms with van der Waals surface area (Å²) in [6.07, 6.45) is 0.0525. The number of esters is 2. The van der Waals surface area contributed by atoms with E-state index in [-0.39, 0.29) is 36.9 Å². The van der Waals surface area contributed by atoms with E-state index in [1.54, 1.807) is 0 Å². The van der Waals surface area contributed by atoms with Gasteiger partial charge in [0.25, 0.3) is 0 Å². The van der Waals surface area contributed by atoms with Crippen molar-refractivity contribution in [1.82, 2.24) is 5.09 Å². The molecule has 0 aliphatic rings. The number of carbonyl (C=O) groups is 2. The van der Waals surface area contributed by atoms with Crippen molar-refractivity contribution >= 4 is 19.4 Å². The lowest BCUT2D eigenvalue weighted by atomic mass is 9.98. The average molecular weight is 517 g/mol. The molecule has 2 rings (SSSR count). The lowest BCUT2D eigenvalue weighted by molar-refractivity contribution is -0.147. The Morgan fingerprint density at radius 2 is 1.36 bits per heavy atom. The van der Waals surface area contributed by atoms with Crippen molar-refractivity contribution in [3.8, 4) is 0 Å². The Labute approximate surface area is 215 Å². The minimum Gasteiger partial charge on any atom is -0.465 e. The number of rotatable bonds is 11. The summed E-state index contributed by atoms with van der Waals surface area (Å²) in [6.45, 7) is 12.2.